The van der Waals surface area contributed by atoms with Gasteiger partial charge < -0.3 is 15.2 Å². The van der Waals surface area contributed by atoms with Crippen molar-refractivity contribution < 1.29 is 27.8 Å². The maximum absolute atomic E-state index is 13.1. The quantitative estimate of drug-likeness (QED) is 0.775. The lowest BCUT2D eigenvalue weighted by molar-refractivity contribution is -0.133. The normalized spacial score (nSPS) is 18.6. The number of carbonyl (C=O) groups is 1. The van der Waals surface area contributed by atoms with Crippen molar-refractivity contribution in [2.75, 3.05) is 13.3 Å². The Hall–Kier alpha value is -2.45. The van der Waals surface area contributed by atoms with Crippen LogP contribution in [0, 0.1) is 0 Å². The van der Waals surface area contributed by atoms with E-state index in [0.29, 0.717) is 5.56 Å². The number of nitrogens with one attached hydrogen (secondary N) is 1. The van der Waals surface area contributed by atoms with Crippen LogP contribution >= 0.6 is 0 Å². The van der Waals surface area contributed by atoms with Crippen LogP contribution in [-0.2, 0) is 9.53 Å². The van der Waals surface area contributed by atoms with Gasteiger partial charge in [-0.3, -0.25) is 9.78 Å². The highest BCUT2D eigenvalue weighted by atomic mass is 19.3. The number of aromatic nitrogens is 1. The molecule has 0 bridgehead atoms. The summed E-state index contributed by atoms with van der Waals surface area (Å²) in [5, 5.41) is 12.0. The van der Waals surface area contributed by atoms with E-state index >= 15 is 0 Å². The summed E-state index contributed by atoms with van der Waals surface area (Å²) in [6.07, 6.45) is -1.98. The number of ether oxygens (including phenoxy) is 1. The highest BCUT2D eigenvalue weighted by molar-refractivity contribution is 5.79. The Morgan fingerprint density at radius 2 is 1.89 bits per heavy atom. The second-order valence-corrected chi connectivity index (χ2v) is 6.26. The predicted octanol–water partition coefficient (Wildman–Crippen LogP) is 2.96. The molecule has 1 aliphatic heterocycles. The van der Waals surface area contributed by atoms with Crippen molar-refractivity contribution in [3.05, 3.63) is 53.9 Å². The van der Waals surface area contributed by atoms with E-state index in [0.717, 1.165) is 29.8 Å². The Labute approximate surface area is 154 Å². The summed E-state index contributed by atoms with van der Waals surface area (Å²) in [4.78, 5) is 15.4. The number of alkyl halides is 3. The van der Waals surface area contributed by atoms with Gasteiger partial charge in [0.2, 0.25) is 0 Å². The molecule has 2 heterocycles. The van der Waals surface area contributed by atoms with E-state index in [-0.39, 0.29) is 6.10 Å². The van der Waals surface area contributed by atoms with Gasteiger partial charge in [-0.2, -0.15) is 8.78 Å². The van der Waals surface area contributed by atoms with Crippen LogP contribution in [0.1, 0.15) is 29.9 Å². The van der Waals surface area contributed by atoms with E-state index in [1.54, 1.807) is 35.8 Å². The van der Waals surface area contributed by atoms with Crippen molar-refractivity contribution in [2.45, 2.75) is 31.1 Å². The first kappa shape index (κ1) is 19.3. The molecule has 3 rings (SSSR count). The first-order valence-electron chi connectivity index (χ1n) is 8.50. The van der Waals surface area contributed by atoms with Crippen LogP contribution in [0.3, 0.4) is 0 Å². The van der Waals surface area contributed by atoms with Gasteiger partial charge in [-0.25, -0.2) is 4.39 Å². The number of benzene rings is 1. The van der Waals surface area contributed by atoms with Crippen LogP contribution in [0.25, 0.3) is 11.1 Å². The van der Waals surface area contributed by atoms with Gasteiger partial charge in [0.15, 0.2) is 0 Å². The van der Waals surface area contributed by atoms with E-state index in [9.17, 15) is 23.1 Å². The third-order valence-corrected chi connectivity index (χ3v) is 4.47. The molecule has 2 N–H and O–H groups in total. The number of nitrogens with zero attached hydrogens (tertiary/aromatic N) is 1. The summed E-state index contributed by atoms with van der Waals surface area (Å²) in [6.45, 7) is -0.425. The zero-order valence-corrected chi connectivity index (χ0v) is 14.3. The summed E-state index contributed by atoms with van der Waals surface area (Å²) in [7, 11) is 0. The van der Waals surface area contributed by atoms with Gasteiger partial charge in [0.25, 0.3) is 5.91 Å². The number of hydrogen-bond donors (Lipinski definition) is 2. The second-order valence-electron chi connectivity index (χ2n) is 6.26. The van der Waals surface area contributed by atoms with Crippen molar-refractivity contribution in [3.8, 4) is 11.1 Å². The summed E-state index contributed by atoms with van der Waals surface area (Å²) in [6, 6.07) is 8.88. The van der Waals surface area contributed by atoms with Crippen molar-refractivity contribution in [2.24, 2.45) is 0 Å². The Morgan fingerprint density at radius 3 is 2.37 bits per heavy atom. The highest BCUT2D eigenvalue weighted by Gasteiger charge is 2.26. The van der Waals surface area contributed by atoms with Crippen LogP contribution < -0.4 is 5.32 Å². The van der Waals surface area contributed by atoms with E-state index in [1.807, 2.05) is 12.1 Å². The fourth-order valence-corrected chi connectivity index (χ4v) is 2.79. The molecular weight excluding hydrogens is 361 g/mol. The minimum atomic E-state index is -3.27. The number of carbonyl (C=O) groups excluding carboxylic acids is 1. The molecule has 0 aliphatic carbocycles. The predicted molar refractivity (Wildman–Crippen MR) is 91.9 cm³/mol. The lowest BCUT2D eigenvalue weighted by Crippen LogP contribution is -2.43. The fourth-order valence-electron chi connectivity index (χ4n) is 2.79. The van der Waals surface area contributed by atoms with Crippen molar-refractivity contribution >= 4 is 5.91 Å². The van der Waals surface area contributed by atoms with Gasteiger partial charge in [-0.1, -0.05) is 30.3 Å². The molecular formula is C19H19F3N2O3. The molecule has 1 fully saturated rings. The topological polar surface area (TPSA) is 71.5 Å². The molecule has 1 aromatic heterocycles. The molecule has 0 saturated carbocycles. The summed E-state index contributed by atoms with van der Waals surface area (Å²) in [5.74, 6) is -1.62. The van der Waals surface area contributed by atoms with E-state index in [2.05, 4.69) is 4.98 Å². The van der Waals surface area contributed by atoms with Gasteiger partial charge >= 0.3 is 6.43 Å². The summed E-state index contributed by atoms with van der Waals surface area (Å²) >= 11 is 0. The molecule has 27 heavy (non-hydrogen) atoms. The summed E-state index contributed by atoms with van der Waals surface area (Å²) in [5.41, 5.74) is 2.86. The molecule has 1 aromatic carbocycles. The van der Waals surface area contributed by atoms with Gasteiger partial charge in [-0.05, 0) is 17.2 Å². The van der Waals surface area contributed by atoms with E-state index < -0.39 is 31.2 Å². The molecule has 1 amide bonds. The Balaban J connectivity index is 1.69. The van der Waals surface area contributed by atoms with Crippen LogP contribution in [0.4, 0.5) is 13.2 Å². The third kappa shape index (κ3) is 4.45. The molecule has 5 nitrogen and oxygen atoms in total. The fraction of sp³-hybridized carbons (Fsp3) is 0.368. The second kappa shape index (κ2) is 8.49. The Kier molecular flexibility index (Phi) is 6.08. The Morgan fingerprint density at radius 1 is 1.22 bits per heavy atom. The number of amides is 1. The molecule has 1 saturated heterocycles. The van der Waals surface area contributed by atoms with E-state index in [4.69, 9.17) is 4.74 Å². The number of halogens is 3. The highest BCUT2D eigenvalue weighted by Crippen LogP contribution is 2.29. The molecule has 0 radical (unpaired) electrons. The third-order valence-electron chi connectivity index (χ3n) is 4.47. The van der Waals surface area contributed by atoms with Gasteiger partial charge in [-0.15, -0.1) is 0 Å². The van der Waals surface area contributed by atoms with Crippen LogP contribution in [0.15, 0.2) is 42.6 Å². The monoisotopic (exact) mass is 380 g/mol. The number of rotatable bonds is 7. The first-order chi connectivity index (χ1) is 13.0. The van der Waals surface area contributed by atoms with Crippen molar-refractivity contribution in [1.29, 1.82) is 0 Å². The zero-order chi connectivity index (χ0) is 19.4. The van der Waals surface area contributed by atoms with Gasteiger partial charge in [0.05, 0.1) is 18.3 Å². The number of aliphatic hydroxyl groups is 1. The largest absolute Gasteiger partial charge is 0.386 e. The average molecular weight is 380 g/mol. The SMILES string of the molecule is O=C(N[C@H](CF)[C@H](O)c1ccc(-c2ccc(C3CCO3)nc2)cc1)C(F)F. The minimum Gasteiger partial charge on any atom is -0.386 e. The lowest BCUT2D eigenvalue weighted by atomic mass is 9.99. The van der Waals surface area contributed by atoms with E-state index in [1.165, 1.54) is 0 Å². The molecule has 1 aliphatic rings. The van der Waals surface area contributed by atoms with Crippen molar-refractivity contribution in [3.63, 3.8) is 0 Å². The standard InChI is InChI=1S/C19H19F3N2O3/c20-9-15(24-19(26)18(21)22)17(25)12-3-1-11(2-4-12)13-5-6-14(23-10-13)16-7-8-27-16/h1-6,10,15-18,25H,7-9H2,(H,24,26)/t15-,16?,17-/m1/s1. The van der Waals surface area contributed by atoms with Gasteiger partial charge in [0.1, 0.15) is 18.9 Å². The smallest absolute Gasteiger partial charge is 0.315 e. The molecule has 0 spiro atoms. The number of pyridine rings is 1. The molecule has 8 heteroatoms. The lowest BCUT2D eigenvalue weighted by Gasteiger charge is -2.25. The summed E-state index contributed by atoms with van der Waals surface area (Å²) < 4.78 is 43.1. The molecule has 1 unspecified atom stereocenters. The van der Waals surface area contributed by atoms with Crippen LogP contribution in [0.2, 0.25) is 0 Å². The van der Waals surface area contributed by atoms with Crippen molar-refractivity contribution in [1.82, 2.24) is 10.3 Å². The molecule has 144 valence electrons. The molecule has 2 aromatic rings. The number of hydrogen-bond acceptors (Lipinski definition) is 4. The Bertz CT molecular complexity index is 765. The van der Waals surface area contributed by atoms with Crippen LogP contribution in [-0.4, -0.2) is 41.7 Å². The zero-order valence-electron chi connectivity index (χ0n) is 14.3. The maximum atomic E-state index is 13.1. The average Bonchev–Trinajstić information content (AvgIpc) is 2.64. The van der Waals surface area contributed by atoms with Crippen LogP contribution in [0.5, 0.6) is 0 Å². The molecule has 3 atom stereocenters. The maximum Gasteiger partial charge on any atom is 0.315 e. The first-order valence-corrected chi connectivity index (χ1v) is 8.50. The minimum absolute atomic E-state index is 0.0534. The van der Waals surface area contributed by atoms with Gasteiger partial charge in [0, 0.05) is 18.2 Å². The number of aliphatic hydroxyl groups excluding tert-OH is 1.